The minimum absolute atomic E-state index is 0.0359. The number of carbonyl (C=O) groups is 1. The van der Waals surface area contributed by atoms with Gasteiger partial charge in [-0.05, 0) is 24.4 Å². The van der Waals surface area contributed by atoms with Crippen molar-refractivity contribution in [3.05, 3.63) is 30.3 Å². The second-order valence-corrected chi connectivity index (χ2v) is 3.73. The zero-order valence-corrected chi connectivity index (χ0v) is 10.6. The van der Waals surface area contributed by atoms with Crippen LogP contribution in [-0.4, -0.2) is 19.4 Å². The Hall–Kier alpha value is -1.80. The van der Waals surface area contributed by atoms with Crippen molar-refractivity contribution in [2.45, 2.75) is 6.92 Å². The number of anilines is 1. The van der Waals surface area contributed by atoms with Crippen molar-refractivity contribution in [2.75, 3.05) is 5.32 Å². The molecule has 0 heterocycles. The fraction of sp³-hybridized carbons (Fsp3) is 0.111. The molecule has 92 valence electrons. The monoisotopic (exact) mass is 273 g/mol. The van der Waals surface area contributed by atoms with E-state index >= 15 is 0 Å². The highest BCUT2D eigenvalue weighted by Crippen LogP contribution is 2.03. The van der Waals surface area contributed by atoms with Gasteiger partial charge in [-0.15, -0.1) is 4.36 Å². The summed E-state index contributed by atoms with van der Waals surface area (Å²) in [4.78, 5) is 10.5. The smallest absolute Gasteiger partial charge is 0.318 e. The quantitative estimate of drug-likeness (QED) is 0.741. The predicted molar refractivity (Wildman–Crippen MR) is 68.9 cm³/mol. The number of carbonyl (C=O) groups excluding carboxylic acids is 1. The van der Waals surface area contributed by atoms with Gasteiger partial charge in [0.1, 0.15) is 0 Å². The van der Waals surface area contributed by atoms with Crippen LogP contribution in [0, 0.1) is 0 Å². The molecule has 3 N–H and O–H groups in total. The first-order chi connectivity index (χ1) is 7.91. The van der Waals surface area contributed by atoms with Crippen molar-refractivity contribution in [1.29, 1.82) is 0 Å². The first-order valence-corrected chi connectivity index (χ1v) is 5.79. The molecule has 0 saturated heterocycles. The van der Waals surface area contributed by atoms with Gasteiger partial charge in [0.2, 0.25) is 11.0 Å². The SMILES string of the molecule is CC(=O)Nc1ccccc1.NC(=S)N=S(=O)=O. The number of para-hydroxylation sites is 1. The molecule has 1 amide bonds. The molecule has 1 rings (SSSR count). The van der Waals surface area contributed by atoms with Crippen molar-refractivity contribution >= 4 is 39.4 Å². The molecule has 0 aliphatic carbocycles. The van der Waals surface area contributed by atoms with Crippen molar-refractivity contribution in [3.8, 4) is 0 Å². The number of rotatable bonds is 1. The number of nitrogens with two attached hydrogens (primary N) is 1. The second kappa shape index (κ2) is 8.36. The number of amides is 1. The summed E-state index contributed by atoms with van der Waals surface area (Å²) in [6.45, 7) is 1.49. The molecule has 0 aromatic heterocycles. The summed E-state index contributed by atoms with van der Waals surface area (Å²) < 4.78 is 21.7. The standard InChI is InChI=1S/C8H9NO.CH2N2O2S2/c1-7(10)9-8-5-3-2-4-6-8;2-1(6)3-7(4)5/h2-6H,1H3,(H,9,10);(H2,2,6). The summed E-state index contributed by atoms with van der Waals surface area (Å²) in [5, 5.41) is 2.30. The molecular weight excluding hydrogens is 262 g/mol. The molecule has 1 aromatic rings. The Morgan fingerprint density at radius 1 is 1.35 bits per heavy atom. The summed E-state index contributed by atoms with van der Waals surface area (Å²) >= 11 is 4.09. The van der Waals surface area contributed by atoms with E-state index in [0.29, 0.717) is 0 Å². The minimum Gasteiger partial charge on any atom is -0.374 e. The summed E-state index contributed by atoms with van der Waals surface area (Å²) in [5.74, 6) is -0.0359. The number of benzene rings is 1. The molecule has 0 fully saturated rings. The van der Waals surface area contributed by atoms with Crippen LogP contribution >= 0.6 is 12.2 Å². The van der Waals surface area contributed by atoms with Crippen LogP contribution in [0.2, 0.25) is 0 Å². The molecular formula is C9H11N3O3S2. The third-order valence-corrected chi connectivity index (χ3v) is 1.81. The van der Waals surface area contributed by atoms with Crippen LogP contribution in [0.15, 0.2) is 34.7 Å². The zero-order valence-electron chi connectivity index (χ0n) is 8.95. The lowest BCUT2D eigenvalue weighted by Crippen LogP contribution is -2.04. The molecule has 0 aliphatic rings. The van der Waals surface area contributed by atoms with Gasteiger partial charge in [0.25, 0.3) is 0 Å². The average Bonchev–Trinajstić information content (AvgIpc) is 2.16. The van der Waals surface area contributed by atoms with Crippen molar-refractivity contribution in [3.63, 3.8) is 0 Å². The fourth-order valence-corrected chi connectivity index (χ4v) is 1.13. The van der Waals surface area contributed by atoms with Crippen LogP contribution in [-0.2, 0) is 15.3 Å². The third kappa shape index (κ3) is 10.5. The predicted octanol–water partition coefficient (Wildman–Crippen LogP) is 0.938. The largest absolute Gasteiger partial charge is 0.374 e. The molecule has 8 heteroatoms. The summed E-state index contributed by atoms with van der Waals surface area (Å²) in [7, 11) is -2.49. The second-order valence-electron chi connectivity index (χ2n) is 2.69. The molecule has 17 heavy (non-hydrogen) atoms. The Morgan fingerprint density at radius 3 is 2.18 bits per heavy atom. The Labute approximate surface area is 106 Å². The molecule has 0 bridgehead atoms. The van der Waals surface area contributed by atoms with E-state index in [1.807, 2.05) is 30.3 Å². The maximum Gasteiger partial charge on any atom is 0.318 e. The van der Waals surface area contributed by atoms with Gasteiger partial charge in [0.15, 0.2) is 0 Å². The Kier molecular flexibility index (Phi) is 7.48. The molecule has 6 nitrogen and oxygen atoms in total. The van der Waals surface area contributed by atoms with Crippen molar-refractivity contribution in [1.82, 2.24) is 0 Å². The van der Waals surface area contributed by atoms with E-state index in [4.69, 9.17) is 0 Å². The Balaban J connectivity index is 0.000000325. The maximum absolute atomic E-state index is 10.5. The lowest BCUT2D eigenvalue weighted by atomic mass is 10.3. The van der Waals surface area contributed by atoms with Gasteiger partial charge in [-0.2, -0.15) is 8.42 Å². The fourth-order valence-electron chi connectivity index (χ4n) is 0.798. The van der Waals surface area contributed by atoms with Crippen LogP contribution in [0.3, 0.4) is 0 Å². The first-order valence-electron chi connectivity index (χ1n) is 4.35. The van der Waals surface area contributed by atoms with Crippen LogP contribution in [0.25, 0.3) is 0 Å². The van der Waals surface area contributed by atoms with Crippen molar-refractivity contribution in [2.24, 2.45) is 10.1 Å². The van der Waals surface area contributed by atoms with E-state index in [1.54, 1.807) is 0 Å². The van der Waals surface area contributed by atoms with Gasteiger partial charge < -0.3 is 11.1 Å². The average molecular weight is 273 g/mol. The van der Waals surface area contributed by atoms with E-state index < -0.39 is 10.5 Å². The number of hydrogen-bond donors (Lipinski definition) is 2. The normalized spacial score (nSPS) is 8.29. The molecule has 0 unspecified atom stereocenters. The van der Waals surface area contributed by atoms with Gasteiger partial charge in [-0.3, -0.25) is 4.79 Å². The van der Waals surface area contributed by atoms with Crippen LogP contribution in [0.4, 0.5) is 5.69 Å². The summed E-state index contributed by atoms with van der Waals surface area (Å²) in [5.41, 5.74) is 5.51. The van der Waals surface area contributed by atoms with Crippen LogP contribution in [0.1, 0.15) is 6.92 Å². The number of nitrogens with zero attached hydrogens (tertiary/aromatic N) is 1. The lowest BCUT2D eigenvalue weighted by Gasteiger charge is -1.98. The highest BCUT2D eigenvalue weighted by molar-refractivity contribution is 7.80. The van der Waals surface area contributed by atoms with Gasteiger partial charge in [0, 0.05) is 12.6 Å². The number of nitrogens with one attached hydrogen (secondary N) is 1. The highest BCUT2D eigenvalue weighted by Gasteiger charge is 1.90. The number of thiocarbonyl (C=S) groups is 1. The van der Waals surface area contributed by atoms with E-state index in [9.17, 15) is 13.2 Å². The van der Waals surface area contributed by atoms with Crippen molar-refractivity contribution < 1.29 is 13.2 Å². The van der Waals surface area contributed by atoms with Gasteiger partial charge >= 0.3 is 10.5 Å². The first kappa shape index (κ1) is 15.2. The van der Waals surface area contributed by atoms with Gasteiger partial charge in [-0.25, -0.2) is 0 Å². The maximum atomic E-state index is 10.5. The lowest BCUT2D eigenvalue weighted by molar-refractivity contribution is -0.114. The van der Waals surface area contributed by atoms with Gasteiger partial charge in [-0.1, -0.05) is 18.2 Å². The molecule has 1 aromatic carbocycles. The topological polar surface area (TPSA) is 102 Å². The molecule has 0 radical (unpaired) electrons. The van der Waals surface area contributed by atoms with E-state index in [2.05, 4.69) is 27.6 Å². The molecule has 0 atom stereocenters. The molecule has 0 spiro atoms. The van der Waals surface area contributed by atoms with E-state index in [1.165, 1.54) is 6.92 Å². The zero-order chi connectivity index (χ0) is 13.3. The van der Waals surface area contributed by atoms with Gasteiger partial charge in [0.05, 0.1) is 0 Å². The Bertz CT molecular complexity index is 504. The molecule has 0 saturated carbocycles. The third-order valence-electron chi connectivity index (χ3n) is 1.26. The van der Waals surface area contributed by atoms with E-state index in [-0.39, 0.29) is 11.0 Å². The summed E-state index contributed by atoms with van der Waals surface area (Å²) in [6.07, 6.45) is 0. The molecule has 0 aliphatic heterocycles. The highest BCUT2D eigenvalue weighted by atomic mass is 32.2. The van der Waals surface area contributed by atoms with Crippen LogP contribution in [0.5, 0.6) is 0 Å². The Morgan fingerprint density at radius 2 is 1.88 bits per heavy atom. The number of hydrogen-bond acceptors (Lipinski definition) is 4. The van der Waals surface area contributed by atoms with Crippen LogP contribution < -0.4 is 11.1 Å². The van der Waals surface area contributed by atoms with E-state index in [0.717, 1.165) is 5.69 Å². The minimum atomic E-state index is -2.49. The summed E-state index contributed by atoms with van der Waals surface area (Å²) in [6, 6.07) is 9.37.